The number of carbonyl (C=O) groups excluding carboxylic acids is 1. The van der Waals surface area contributed by atoms with E-state index in [-0.39, 0.29) is 5.54 Å². The monoisotopic (exact) mass is 199 g/mol. The highest BCUT2D eigenvalue weighted by Gasteiger charge is 2.26. The van der Waals surface area contributed by atoms with Crippen LogP contribution in [-0.4, -0.2) is 61.5 Å². The van der Waals surface area contributed by atoms with Crippen LogP contribution in [0.25, 0.3) is 0 Å². The number of rotatable bonds is 4. The van der Waals surface area contributed by atoms with Gasteiger partial charge in [0.25, 0.3) is 0 Å². The van der Waals surface area contributed by atoms with Gasteiger partial charge in [-0.1, -0.05) is 0 Å². The topological polar surface area (TPSA) is 35.6 Å². The summed E-state index contributed by atoms with van der Waals surface area (Å²) < 4.78 is 0. The molecule has 0 aromatic carbocycles. The molecule has 0 spiro atoms. The lowest BCUT2D eigenvalue weighted by Crippen LogP contribution is -2.53. The Labute approximate surface area is 86.2 Å². The van der Waals surface area contributed by atoms with Gasteiger partial charge in [-0.05, 0) is 13.8 Å². The second kappa shape index (κ2) is 4.75. The van der Waals surface area contributed by atoms with E-state index in [2.05, 4.69) is 24.1 Å². The van der Waals surface area contributed by atoms with Crippen molar-refractivity contribution in [2.45, 2.75) is 19.4 Å². The summed E-state index contributed by atoms with van der Waals surface area (Å²) in [4.78, 5) is 14.8. The molecule has 1 fully saturated rings. The summed E-state index contributed by atoms with van der Waals surface area (Å²) in [7, 11) is 1.84. The van der Waals surface area contributed by atoms with Crippen molar-refractivity contribution >= 4 is 6.41 Å². The van der Waals surface area contributed by atoms with Gasteiger partial charge in [-0.2, -0.15) is 0 Å². The van der Waals surface area contributed by atoms with Crippen LogP contribution in [-0.2, 0) is 4.79 Å². The zero-order valence-electron chi connectivity index (χ0n) is 9.42. The molecule has 0 aromatic heterocycles. The minimum Gasteiger partial charge on any atom is -0.342 e. The van der Waals surface area contributed by atoms with E-state index in [0.717, 1.165) is 39.1 Å². The molecule has 1 heterocycles. The summed E-state index contributed by atoms with van der Waals surface area (Å²) in [5.74, 6) is 0. The molecular weight excluding hydrogens is 178 g/mol. The third-order valence-electron chi connectivity index (χ3n) is 2.93. The summed E-state index contributed by atoms with van der Waals surface area (Å²) in [6.07, 6.45) is 0.905. The third kappa shape index (κ3) is 2.96. The summed E-state index contributed by atoms with van der Waals surface area (Å²) in [5, 5.41) is 3.32. The third-order valence-corrected chi connectivity index (χ3v) is 2.93. The smallest absolute Gasteiger partial charge is 0.209 e. The Bertz CT molecular complexity index is 188. The van der Waals surface area contributed by atoms with E-state index in [9.17, 15) is 4.79 Å². The summed E-state index contributed by atoms with van der Waals surface area (Å²) >= 11 is 0. The molecule has 4 heteroatoms. The van der Waals surface area contributed by atoms with Crippen LogP contribution < -0.4 is 5.32 Å². The average molecular weight is 199 g/mol. The van der Waals surface area contributed by atoms with Gasteiger partial charge in [0.05, 0.1) is 0 Å². The Morgan fingerprint density at radius 3 is 2.50 bits per heavy atom. The van der Waals surface area contributed by atoms with E-state index in [4.69, 9.17) is 0 Å². The fraction of sp³-hybridized carbons (Fsp3) is 0.900. The lowest BCUT2D eigenvalue weighted by Gasteiger charge is -2.39. The Hall–Kier alpha value is -0.610. The Morgan fingerprint density at radius 1 is 1.43 bits per heavy atom. The molecule has 0 bridgehead atoms. The van der Waals surface area contributed by atoms with Crippen LogP contribution in [0.3, 0.4) is 0 Å². The molecule has 14 heavy (non-hydrogen) atoms. The zero-order chi connectivity index (χ0) is 10.6. The van der Waals surface area contributed by atoms with Crippen molar-refractivity contribution in [3.8, 4) is 0 Å². The van der Waals surface area contributed by atoms with Gasteiger partial charge in [-0.25, -0.2) is 0 Å². The number of likely N-dealkylation sites (N-methyl/N-ethyl adjacent to an activating group) is 1. The highest BCUT2D eigenvalue weighted by molar-refractivity contribution is 5.48. The quantitative estimate of drug-likeness (QED) is 0.635. The van der Waals surface area contributed by atoms with E-state index in [1.807, 2.05) is 7.05 Å². The van der Waals surface area contributed by atoms with Crippen molar-refractivity contribution in [3.05, 3.63) is 0 Å². The van der Waals surface area contributed by atoms with E-state index in [0.29, 0.717) is 0 Å². The average Bonchev–Trinajstić information content (AvgIpc) is 2.17. The molecule has 1 aliphatic rings. The Kier molecular flexibility index (Phi) is 3.89. The fourth-order valence-electron chi connectivity index (χ4n) is 1.67. The van der Waals surface area contributed by atoms with Gasteiger partial charge in [0.1, 0.15) is 0 Å². The maximum atomic E-state index is 10.7. The molecule has 1 amide bonds. The van der Waals surface area contributed by atoms with Gasteiger partial charge < -0.3 is 10.2 Å². The maximum Gasteiger partial charge on any atom is 0.209 e. The van der Waals surface area contributed by atoms with E-state index in [1.165, 1.54) is 0 Å². The van der Waals surface area contributed by atoms with Crippen LogP contribution >= 0.6 is 0 Å². The number of hydrogen-bond donors (Lipinski definition) is 1. The lowest BCUT2D eigenvalue weighted by atomic mass is 10.0. The van der Waals surface area contributed by atoms with Crippen LogP contribution in [0.2, 0.25) is 0 Å². The standard InChI is InChI=1S/C10H21N3O/c1-10(2,12(3)9-14)8-13-6-4-11-5-7-13/h9,11H,4-8H2,1-3H3. The van der Waals surface area contributed by atoms with Crippen molar-refractivity contribution in [1.82, 2.24) is 15.1 Å². The van der Waals surface area contributed by atoms with Crippen molar-refractivity contribution in [2.75, 3.05) is 39.8 Å². The SMILES string of the molecule is CN(C=O)C(C)(C)CN1CCNCC1. The molecule has 1 saturated heterocycles. The molecule has 1 N–H and O–H groups in total. The number of nitrogens with one attached hydrogen (secondary N) is 1. The van der Waals surface area contributed by atoms with Gasteiger partial charge in [0.15, 0.2) is 0 Å². The minimum atomic E-state index is -0.0703. The molecule has 0 atom stereocenters. The fourth-order valence-corrected chi connectivity index (χ4v) is 1.67. The van der Waals surface area contributed by atoms with Crippen molar-refractivity contribution in [1.29, 1.82) is 0 Å². The van der Waals surface area contributed by atoms with E-state index >= 15 is 0 Å². The first kappa shape index (κ1) is 11.5. The number of nitrogens with zero attached hydrogens (tertiary/aromatic N) is 2. The predicted molar refractivity (Wildman–Crippen MR) is 57.2 cm³/mol. The molecule has 0 radical (unpaired) electrons. The summed E-state index contributed by atoms with van der Waals surface area (Å²) in [5.41, 5.74) is -0.0703. The second-order valence-corrected chi connectivity index (χ2v) is 4.55. The first-order chi connectivity index (χ1) is 6.56. The highest BCUT2D eigenvalue weighted by atomic mass is 16.1. The van der Waals surface area contributed by atoms with Crippen LogP contribution in [0.5, 0.6) is 0 Å². The molecule has 1 rings (SSSR count). The van der Waals surface area contributed by atoms with Gasteiger partial charge >= 0.3 is 0 Å². The van der Waals surface area contributed by atoms with Gasteiger partial charge in [0, 0.05) is 45.3 Å². The first-order valence-corrected chi connectivity index (χ1v) is 5.17. The molecule has 0 aliphatic carbocycles. The van der Waals surface area contributed by atoms with Crippen LogP contribution in [0.15, 0.2) is 0 Å². The number of amides is 1. The number of carbonyl (C=O) groups is 1. The van der Waals surface area contributed by atoms with Crippen molar-refractivity contribution in [3.63, 3.8) is 0 Å². The molecule has 82 valence electrons. The summed E-state index contributed by atoms with van der Waals surface area (Å²) in [6, 6.07) is 0. The number of piperazine rings is 1. The molecular formula is C10H21N3O. The molecule has 1 aliphatic heterocycles. The Morgan fingerprint density at radius 2 is 2.00 bits per heavy atom. The largest absolute Gasteiger partial charge is 0.342 e. The van der Waals surface area contributed by atoms with Gasteiger partial charge in [-0.15, -0.1) is 0 Å². The van der Waals surface area contributed by atoms with Crippen molar-refractivity contribution < 1.29 is 4.79 Å². The number of hydrogen-bond acceptors (Lipinski definition) is 3. The molecule has 0 aromatic rings. The van der Waals surface area contributed by atoms with E-state index < -0.39 is 0 Å². The molecule has 0 unspecified atom stereocenters. The highest BCUT2D eigenvalue weighted by Crippen LogP contribution is 2.12. The van der Waals surface area contributed by atoms with Crippen LogP contribution in [0, 0.1) is 0 Å². The predicted octanol–water partition coefficient (Wildman–Crippen LogP) is -0.242. The first-order valence-electron chi connectivity index (χ1n) is 5.17. The van der Waals surface area contributed by atoms with Crippen LogP contribution in [0.1, 0.15) is 13.8 Å². The molecule has 4 nitrogen and oxygen atoms in total. The van der Waals surface area contributed by atoms with Crippen molar-refractivity contribution in [2.24, 2.45) is 0 Å². The van der Waals surface area contributed by atoms with Gasteiger partial charge in [0.2, 0.25) is 6.41 Å². The Balaban J connectivity index is 2.43. The summed E-state index contributed by atoms with van der Waals surface area (Å²) in [6.45, 7) is 9.42. The van der Waals surface area contributed by atoms with Crippen LogP contribution in [0.4, 0.5) is 0 Å². The maximum absolute atomic E-state index is 10.7. The zero-order valence-corrected chi connectivity index (χ0v) is 9.42. The minimum absolute atomic E-state index is 0.0703. The van der Waals surface area contributed by atoms with Gasteiger partial charge in [-0.3, -0.25) is 9.69 Å². The normalized spacial score (nSPS) is 19.4. The second-order valence-electron chi connectivity index (χ2n) is 4.55. The lowest BCUT2D eigenvalue weighted by molar-refractivity contribution is -0.121. The molecule has 0 saturated carbocycles. The van der Waals surface area contributed by atoms with E-state index in [1.54, 1.807) is 4.90 Å².